The third-order valence-electron chi connectivity index (χ3n) is 2.58. The van der Waals surface area contributed by atoms with Crippen LogP contribution in [0.25, 0.3) is 0 Å². The summed E-state index contributed by atoms with van der Waals surface area (Å²) in [5, 5.41) is 11.0. The van der Waals surface area contributed by atoms with E-state index in [0.717, 1.165) is 0 Å². The molecule has 118 valence electrons. The van der Waals surface area contributed by atoms with Gasteiger partial charge in [0, 0.05) is 6.54 Å². The second-order valence-corrected chi connectivity index (χ2v) is 5.98. The van der Waals surface area contributed by atoms with Crippen LogP contribution in [0.3, 0.4) is 0 Å². The molecule has 0 fully saturated rings. The van der Waals surface area contributed by atoms with Crippen molar-refractivity contribution in [3.8, 4) is 5.75 Å². The van der Waals surface area contributed by atoms with Crippen LogP contribution < -0.4 is 14.8 Å². The van der Waals surface area contributed by atoms with Crippen LogP contribution in [-0.2, 0) is 14.8 Å². The summed E-state index contributed by atoms with van der Waals surface area (Å²) in [5.74, 6) is 0.0729. The van der Waals surface area contributed by atoms with Crippen LogP contribution in [0, 0.1) is 0 Å². The molecule has 0 aromatic heterocycles. The van der Waals surface area contributed by atoms with Gasteiger partial charge in [0.1, 0.15) is 5.75 Å². The van der Waals surface area contributed by atoms with Crippen molar-refractivity contribution in [1.29, 1.82) is 0 Å². The fourth-order valence-corrected chi connectivity index (χ4v) is 2.77. The van der Waals surface area contributed by atoms with E-state index < -0.39 is 22.0 Å². The van der Waals surface area contributed by atoms with E-state index in [9.17, 15) is 13.2 Å². The van der Waals surface area contributed by atoms with Gasteiger partial charge in [-0.1, -0.05) is 0 Å². The fourth-order valence-electron chi connectivity index (χ4n) is 1.57. The minimum absolute atomic E-state index is 0.0489. The van der Waals surface area contributed by atoms with Crippen LogP contribution >= 0.6 is 0 Å². The zero-order valence-electron chi connectivity index (χ0n) is 12.0. The third kappa shape index (κ3) is 5.33. The highest BCUT2D eigenvalue weighted by Crippen LogP contribution is 2.16. The van der Waals surface area contributed by atoms with Gasteiger partial charge in [-0.3, -0.25) is 4.79 Å². The molecule has 0 bridgehead atoms. The molecule has 1 aromatic rings. The van der Waals surface area contributed by atoms with Crippen LogP contribution in [0.5, 0.6) is 5.75 Å². The molecule has 1 atom stereocenters. The Hall–Kier alpha value is -1.64. The summed E-state index contributed by atoms with van der Waals surface area (Å²) in [4.78, 5) is 11.6. The molecule has 8 heteroatoms. The van der Waals surface area contributed by atoms with Crippen LogP contribution in [0.4, 0.5) is 0 Å². The topological polar surface area (TPSA) is 105 Å². The number of carbonyl (C=O) groups is 1. The van der Waals surface area contributed by atoms with Crippen molar-refractivity contribution in [1.82, 2.24) is 10.0 Å². The minimum atomic E-state index is -3.79. The quantitative estimate of drug-likeness (QED) is 0.619. The average Bonchev–Trinajstić information content (AvgIpc) is 2.45. The number of rotatable bonds is 8. The van der Waals surface area contributed by atoms with E-state index in [-0.39, 0.29) is 18.0 Å². The number of carbonyl (C=O) groups excluding carboxylic acids is 1. The Morgan fingerprint density at radius 2 is 1.95 bits per heavy atom. The number of aliphatic hydroxyl groups excluding tert-OH is 1. The molecule has 0 aliphatic rings. The van der Waals surface area contributed by atoms with E-state index in [2.05, 4.69) is 10.0 Å². The molecule has 3 N–H and O–H groups in total. The van der Waals surface area contributed by atoms with Gasteiger partial charge in [-0.15, -0.1) is 0 Å². The van der Waals surface area contributed by atoms with E-state index >= 15 is 0 Å². The lowest BCUT2D eigenvalue weighted by molar-refractivity contribution is -0.122. The number of hydrogen-bond donors (Lipinski definition) is 3. The lowest BCUT2D eigenvalue weighted by Gasteiger charge is -2.14. The van der Waals surface area contributed by atoms with E-state index in [1.165, 1.54) is 19.1 Å². The van der Waals surface area contributed by atoms with Gasteiger partial charge in [0.2, 0.25) is 15.9 Å². The van der Waals surface area contributed by atoms with Crippen LogP contribution in [0.1, 0.15) is 13.8 Å². The number of amides is 1. The monoisotopic (exact) mass is 316 g/mol. The summed E-state index contributed by atoms with van der Waals surface area (Å²) in [5.41, 5.74) is 0. The molecule has 0 radical (unpaired) electrons. The fraction of sp³-hybridized carbons (Fsp3) is 0.462. The van der Waals surface area contributed by atoms with Gasteiger partial charge >= 0.3 is 0 Å². The predicted molar refractivity (Wildman–Crippen MR) is 77.5 cm³/mol. The Bertz CT molecular complexity index is 556. The lowest BCUT2D eigenvalue weighted by Crippen LogP contribution is -2.45. The van der Waals surface area contributed by atoms with Crippen molar-refractivity contribution in [3.63, 3.8) is 0 Å². The van der Waals surface area contributed by atoms with Crippen LogP contribution in [0.2, 0.25) is 0 Å². The second kappa shape index (κ2) is 7.96. The van der Waals surface area contributed by atoms with Gasteiger partial charge in [0.25, 0.3) is 0 Å². The largest absolute Gasteiger partial charge is 0.494 e. The molecule has 21 heavy (non-hydrogen) atoms. The van der Waals surface area contributed by atoms with Gasteiger partial charge in [-0.2, -0.15) is 4.72 Å². The molecule has 0 unspecified atom stereocenters. The van der Waals surface area contributed by atoms with E-state index in [0.29, 0.717) is 12.4 Å². The first-order valence-electron chi connectivity index (χ1n) is 6.54. The first-order valence-corrected chi connectivity index (χ1v) is 8.02. The summed E-state index contributed by atoms with van der Waals surface area (Å²) in [6, 6.07) is 4.98. The summed E-state index contributed by atoms with van der Waals surface area (Å²) in [6.45, 7) is 3.63. The number of hydrogen-bond acceptors (Lipinski definition) is 5. The predicted octanol–water partition coefficient (Wildman–Crippen LogP) is -0.139. The van der Waals surface area contributed by atoms with Crippen LogP contribution in [0.15, 0.2) is 29.2 Å². The van der Waals surface area contributed by atoms with Crippen LogP contribution in [-0.4, -0.2) is 45.2 Å². The van der Waals surface area contributed by atoms with Crippen molar-refractivity contribution >= 4 is 15.9 Å². The summed E-state index contributed by atoms with van der Waals surface area (Å²) in [6.07, 6.45) is 0. The van der Waals surface area contributed by atoms with Gasteiger partial charge in [0.05, 0.1) is 24.2 Å². The molecule has 0 aliphatic heterocycles. The molecular weight excluding hydrogens is 296 g/mol. The maximum absolute atomic E-state index is 12.1. The second-order valence-electron chi connectivity index (χ2n) is 4.26. The van der Waals surface area contributed by atoms with E-state index in [4.69, 9.17) is 9.84 Å². The standard InChI is InChI=1S/C13H20N2O5S/c1-3-20-11-4-6-12(7-5-11)21(18,19)15-10(2)13(17)14-8-9-16/h4-7,10,15-16H,3,8-9H2,1-2H3,(H,14,17)/t10-/m1/s1. The lowest BCUT2D eigenvalue weighted by atomic mass is 10.3. The highest BCUT2D eigenvalue weighted by Gasteiger charge is 2.21. The Morgan fingerprint density at radius 1 is 1.33 bits per heavy atom. The molecule has 0 saturated carbocycles. The van der Waals surface area contributed by atoms with Gasteiger partial charge in [0.15, 0.2) is 0 Å². The van der Waals surface area contributed by atoms with Crippen molar-refractivity contribution in [3.05, 3.63) is 24.3 Å². The normalized spacial score (nSPS) is 12.7. The maximum Gasteiger partial charge on any atom is 0.241 e. The van der Waals surface area contributed by atoms with Crippen molar-refractivity contribution in [2.75, 3.05) is 19.8 Å². The first-order chi connectivity index (χ1) is 9.90. The molecule has 0 heterocycles. The number of aliphatic hydroxyl groups is 1. The molecule has 0 saturated heterocycles. The number of ether oxygens (including phenoxy) is 1. The Balaban J connectivity index is 2.74. The molecule has 0 aliphatic carbocycles. The first kappa shape index (κ1) is 17.4. The Labute approximate surface area is 124 Å². The maximum atomic E-state index is 12.1. The number of sulfonamides is 1. The van der Waals surface area contributed by atoms with Crippen molar-refractivity contribution in [2.45, 2.75) is 24.8 Å². The molecular formula is C13H20N2O5S. The third-order valence-corrected chi connectivity index (χ3v) is 4.14. The molecule has 7 nitrogen and oxygen atoms in total. The zero-order valence-corrected chi connectivity index (χ0v) is 12.8. The van der Waals surface area contributed by atoms with E-state index in [1.54, 1.807) is 12.1 Å². The molecule has 1 aromatic carbocycles. The zero-order chi connectivity index (χ0) is 15.9. The summed E-state index contributed by atoms with van der Waals surface area (Å²) in [7, 11) is -3.79. The molecule has 1 rings (SSSR count). The highest BCUT2D eigenvalue weighted by atomic mass is 32.2. The highest BCUT2D eigenvalue weighted by molar-refractivity contribution is 7.89. The van der Waals surface area contributed by atoms with Gasteiger partial charge < -0.3 is 15.2 Å². The Morgan fingerprint density at radius 3 is 2.48 bits per heavy atom. The van der Waals surface area contributed by atoms with Crippen molar-refractivity contribution < 1.29 is 23.1 Å². The number of nitrogens with one attached hydrogen (secondary N) is 2. The SMILES string of the molecule is CCOc1ccc(S(=O)(=O)N[C@H](C)C(=O)NCCO)cc1. The Kier molecular flexibility index (Phi) is 6.60. The minimum Gasteiger partial charge on any atom is -0.494 e. The molecule has 1 amide bonds. The molecule has 0 spiro atoms. The summed E-state index contributed by atoms with van der Waals surface area (Å²) < 4.78 is 31.7. The smallest absolute Gasteiger partial charge is 0.241 e. The van der Waals surface area contributed by atoms with Gasteiger partial charge in [-0.25, -0.2) is 8.42 Å². The van der Waals surface area contributed by atoms with Crippen molar-refractivity contribution in [2.24, 2.45) is 0 Å². The average molecular weight is 316 g/mol. The van der Waals surface area contributed by atoms with Gasteiger partial charge in [-0.05, 0) is 38.1 Å². The number of benzene rings is 1. The summed E-state index contributed by atoms with van der Waals surface area (Å²) >= 11 is 0. The van der Waals surface area contributed by atoms with E-state index in [1.807, 2.05) is 6.92 Å².